The quantitative estimate of drug-likeness (QED) is 0.920. The summed E-state index contributed by atoms with van der Waals surface area (Å²) in [6.07, 6.45) is 1.78. The van der Waals surface area contributed by atoms with Crippen LogP contribution in [0.25, 0.3) is 0 Å². The summed E-state index contributed by atoms with van der Waals surface area (Å²) < 4.78 is 5.15. The van der Waals surface area contributed by atoms with Gasteiger partial charge in [0.2, 0.25) is 0 Å². The molecule has 1 heterocycles. The van der Waals surface area contributed by atoms with E-state index in [1.54, 1.807) is 36.8 Å². The fourth-order valence-corrected chi connectivity index (χ4v) is 2.32. The second-order valence-corrected chi connectivity index (χ2v) is 5.05. The highest BCUT2D eigenvalue weighted by molar-refractivity contribution is 7.11. The van der Waals surface area contributed by atoms with Gasteiger partial charge in [-0.1, -0.05) is 12.1 Å². The summed E-state index contributed by atoms with van der Waals surface area (Å²) in [5.41, 5.74) is 0.543. The van der Waals surface area contributed by atoms with E-state index in [4.69, 9.17) is 4.74 Å². The largest absolute Gasteiger partial charge is 0.496 e. The van der Waals surface area contributed by atoms with E-state index in [-0.39, 0.29) is 5.91 Å². The summed E-state index contributed by atoms with van der Waals surface area (Å²) in [7, 11) is 1.55. The molecule has 2 rings (SSSR count). The van der Waals surface area contributed by atoms with Gasteiger partial charge in [0.1, 0.15) is 5.75 Å². The third-order valence-electron chi connectivity index (χ3n) is 2.44. The average molecular weight is 262 g/mol. The van der Waals surface area contributed by atoms with Crippen molar-refractivity contribution in [2.75, 3.05) is 7.11 Å². The first-order chi connectivity index (χ1) is 8.70. The lowest BCUT2D eigenvalue weighted by atomic mass is 10.2. The Labute approximate surface area is 110 Å². The van der Waals surface area contributed by atoms with E-state index >= 15 is 0 Å². The summed E-state index contributed by atoms with van der Waals surface area (Å²) in [5.74, 6) is 0.439. The van der Waals surface area contributed by atoms with E-state index in [9.17, 15) is 4.79 Å². The number of hydrogen-bond donors (Lipinski definition) is 1. The lowest BCUT2D eigenvalue weighted by Crippen LogP contribution is -2.22. The molecule has 0 fully saturated rings. The minimum absolute atomic E-state index is 0.140. The molecule has 18 heavy (non-hydrogen) atoms. The number of para-hydroxylation sites is 1. The van der Waals surface area contributed by atoms with Crippen molar-refractivity contribution >= 4 is 17.2 Å². The molecule has 2 aromatic rings. The monoisotopic (exact) mass is 262 g/mol. The molecule has 0 spiro atoms. The lowest BCUT2D eigenvalue weighted by Gasteiger charge is -2.07. The van der Waals surface area contributed by atoms with Crippen molar-refractivity contribution in [2.45, 2.75) is 13.5 Å². The Morgan fingerprint density at radius 3 is 2.89 bits per heavy atom. The maximum Gasteiger partial charge on any atom is 0.255 e. The van der Waals surface area contributed by atoms with E-state index in [0.717, 1.165) is 9.88 Å². The van der Waals surface area contributed by atoms with E-state index in [0.29, 0.717) is 17.9 Å². The van der Waals surface area contributed by atoms with Gasteiger partial charge in [0.15, 0.2) is 0 Å². The van der Waals surface area contributed by atoms with Crippen molar-refractivity contribution in [3.8, 4) is 5.75 Å². The minimum Gasteiger partial charge on any atom is -0.496 e. The number of aromatic nitrogens is 1. The number of nitrogens with one attached hydrogen (secondary N) is 1. The number of aryl methyl sites for hydroxylation is 1. The Morgan fingerprint density at radius 1 is 1.44 bits per heavy atom. The molecule has 0 aliphatic carbocycles. The van der Waals surface area contributed by atoms with Gasteiger partial charge in [0.25, 0.3) is 5.91 Å². The molecule has 0 aliphatic rings. The Balaban J connectivity index is 2.03. The fraction of sp³-hybridized carbons (Fsp3) is 0.231. The molecule has 0 saturated heterocycles. The number of hydrogen-bond acceptors (Lipinski definition) is 4. The standard InChI is InChI=1S/C13H14N2O2S/c1-9-14-7-10(18-9)8-15-13(16)11-5-3-4-6-12(11)17-2/h3-7H,8H2,1-2H3,(H,15,16). The number of carbonyl (C=O) groups excluding carboxylic acids is 1. The molecule has 1 aromatic carbocycles. The molecule has 0 radical (unpaired) electrons. The molecule has 1 N–H and O–H groups in total. The Kier molecular flexibility index (Phi) is 3.94. The summed E-state index contributed by atoms with van der Waals surface area (Å²) in [5, 5.41) is 3.85. The fourth-order valence-electron chi connectivity index (χ4n) is 1.58. The molecule has 0 aliphatic heterocycles. The van der Waals surface area contributed by atoms with Gasteiger partial charge in [-0.15, -0.1) is 11.3 Å². The minimum atomic E-state index is -0.140. The Bertz CT molecular complexity index is 551. The number of carbonyl (C=O) groups is 1. The molecule has 0 atom stereocenters. The van der Waals surface area contributed by atoms with Gasteiger partial charge in [-0.05, 0) is 19.1 Å². The molecular weight excluding hydrogens is 248 g/mol. The van der Waals surface area contributed by atoms with Crippen molar-refractivity contribution in [1.82, 2.24) is 10.3 Å². The van der Waals surface area contributed by atoms with Crippen molar-refractivity contribution in [3.63, 3.8) is 0 Å². The number of methoxy groups -OCH3 is 1. The van der Waals surface area contributed by atoms with Gasteiger partial charge in [0, 0.05) is 11.1 Å². The Morgan fingerprint density at radius 2 is 2.22 bits per heavy atom. The van der Waals surface area contributed by atoms with Gasteiger partial charge in [-0.3, -0.25) is 4.79 Å². The number of amides is 1. The summed E-state index contributed by atoms with van der Waals surface area (Å²) in [4.78, 5) is 17.2. The van der Waals surface area contributed by atoms with Crippen LogP contribution >= 0.6 is 11.3 Å². The zero-order valence-corrected chi connectivity index (χ0v) is 11.1. The first-order valence-corrected chi connectivity index (χ1v) is 6.35. The predicted molar refractivity (Wildman–Crippen MR) is 71.0 cm³/mol. The SMILES string of the molecule is COc1ccccc1C(=O)NCc1cnc(C)s1. The van der Waals surface area contributed by atoms with Crippen LogP contribution in [0.1, 0.15) is 20.2 Å². The molecule has 0 unspecified atom stereocenters. The van der Waals surface area contributed by atoms with Gasteiger partial charge in [0.05, 0.1) is 24.2 Å². The maximum atomic E-state index is 12.0. The Hall–Kier alpha value is -1.88. The van der Waals surface area contributed by atoms with Crippen LogP contribution in [-0.2, 0) is 6.54 Å². The van der Waals surface area contributed by atoms with Crippen LogP contribution in [0.3, 0.4) is 0 Å². The second-order valence-electron chi connectivity index (χ2n) is 3.73. The highest BCUT2D eigenvalue weighted by atomic mass is 32.1. The average Bonchev–Trinajstić information content (AvgIpc) is 2.81. The van der Waals surface area contributed by atoms with E-state index < -0.39 is 0 Å². The molecule has 4 nitrogen and oxygen atoms in total. The molecule has 5 heteroatoms. The summed E-state index contributed by atoms with van der Waals surface area (Å²) in [6, 6.07) is 7.16. The van der Waals surface area contributed by atoms with Crippen LogP contribution in [0.5, 0.6) is 5.75 Å². The van der Waals surface area contributed by atoms with E-state index in [1.807, 2.05) is 19.1 Å². The molecular formula is C13H14N2O2S. The van der Waals surface area contributed by atoms with Gasteiger partial charge in [-0.25, -0.2) is 4.98 Å². The summed E-state index contributed by atoms with van der Waals surface area (Å²) in [6.45, 7) is 2.43. The smallest absolute Gasteiger partial charge is 0.255 e. The first-order valence-electron chi connectivity index (χ1n) is 5.53. The molecule has 0 saturated carbocycles. The highest BCUT2D eigenvalue weighted by Gasteiger charge is 2.11. The summed E-state index contributed by atoms with van der Waals surface area (Å²) >= 11 is 1.58. The zero-order valence-electron chi connectivity index (χ0n) is 10.3. The number of rotatable bonds is 4. The molecule has 94 valence electrons. The molecule has 1 aromatic heterocycles. The van der Waals surface area contributed by atoms with Crippen LogP contribution in [0.2, 0.25) is 0 Å². The number of thiazole rings is 1. The zero-order chi connectivity index (χ0) is 13.0. The normalized spacial score (nSPS) is 10.1. The molecule has 0 bridgehead atoms. The van der Waals surface area contributed by atoms with E-state index in [2.05, 4.69) is 10.3 Å². The third kappa shape index (κ3) is 2.87. The van der Waals surface area contributed by atoms with Crippen molar-refractivity contribution in [3.05, 3.63) is 45.9 Å². The third-order valence-corrected chi connectivity index (χ3v) is 3.36. The maximum absolute atomic E-state index is 12.0. The predicted octanol–water partition coefficient (Wildman–Crippen LogP) is 2.39. The van der Waals surface area contributed by atoms with Crippen LogP contribution in [-0.4, -0.2) is 18.0 Å². The highest BCUT2D eigenvalue weighted by Crippen LogP contribution is 2.17. The first kappa shape index (κ1) is 12.6. The van der Waals surface area contributed by atoms with Crippen LogP contribution in [0, 0.1) is 6.92 Å². The van der Waals surface area contributed by atoms with Gasteiger partial charge in [-0.2, -0.15) is 0 Å². The van der Waals surface area contributed by atoms with Crippen molar-refractivity contribution < 1.29 is 9.53 Å². The van der Waals surface area contributed by atoms with Crippen LogP contribution in [0.4, 0.5) is 0 Å². The topological polar surface area (TPSA) is 51.2 Å². The number of benzene rings is 1. The number of ether oxygens (including phenoxy) is 1. The van der Waals surface area contributed by atoms with Gasteiger partial charge >= 0.3 is 0 Å². The van der Waals surface area contributed by atoms with Crippen LogP contribution < -0.4 is 10.1 Å². The second kappa shape index (κ2) is 5.64. The van der Waals surface area contributed by atoms with Gasteiger partial charge < -0.3 is 10.1 Å². The lowest BCUT2D eigenvalue weighted by molar-refractivity contribution is 0.0948. The molecule has 1 amide bonds. The van der Waals surface area contributed by atoms with Crippen molar-refractivity contribution in [2.24, 2.45) is 0 Å². The van der Waals surface area contributed by atoms with Crippen molar-refractivity contribution in [1.29, 1.82) is 0 Å². The number of nitrogens with zero attached hydrogens (tertiary/aromatic N) is 1. The van der Waals surface area contributed by atoms with Crippen LogP contribution in [0.15, 0.2) is 30.5 Å². The van der Waals surface area contributed by atoms with E-state index in [1.165, 1.54) is 0 Å².